The predicted octanol–water partition coefficient (Wildman–Crippen LogP) is 3.44. The summed E-state index contributed by atoms with van der Waals surface area (Å²) in [5.41, 5.74) is 1.31. The molecule has 1 unspecified atom stereocenters. The molecule has 1 heterocycles. The fourth-order valence-corrected chi connectivity index (χ4v) is 2.34. The minimum atomic E-state index is -0.811. The standard InChI is InChI=1S/C14H17BrO2/c1-14(16,12-3-2-8-17-10-12)9-11-4-6-13(15)7-5-11/h4-7,10,16H,2-3,8-9H2,1H3. The van der Waals surface area contributed by atoms with Gasteiger partial charge in [0, 0.05) is 10.9 Å². The molecule has 1 aromatic carbocycles. The molecule has 1 atom stereocenters. The summed E-state index contributed by atoms with van der Waals surface area (Å²) in [6, 6.07) is 8.06. The van der Waals surface area contributed by atoms with E-state index in [9.17, 15) is 5.11 Å². The molecule has 3 heteroatoms. The first-order valence-electron chi connectivity index (χ1n) is 5.86. The molecule has 1 aliphatic heterocycles. The van der Waals surface area contributed by atoms with Crippen molar-refractivity contribution in [3.8, 4) is 0 Å². The molecule has 0 amide bonds. The zero-order chi connectivity index (χ0) is 12.3. The van der Waals surface area contributed by atoms with Gasteiger partial charge in [-0.15, -0.1) is 0 Å². The summed E-state index contributed by atoms with van der Waals surface area (Å²) in [6.07, 6.45) is 4.25. The first-order valence-corrected chi connectivity index (χ1v) is 6.65. The van der Waals surface area contributed by atoms with Crippen LogP contribution in [-0.4, -0.2) is 17.3 Å². The molecule has 0 radical (unpaired) electrons. The molecule has 2 rings (SSSR count). The second kappa shape index (κ2) is 5.23. The van der Waals surface area contributed by atoms with Crippen molar-refractivity contribution in [1.82, 2.24) is 0 Å². The Labute approximate surface area is 110 Å². The number of hydrogen-bond donors (Lipinski definition) is 1. The fraction of sp³-hybridized carbons (Fsp3) is 0.429. The molecule has 17 heavy (non-hydrogen) atoms. The molecule has 0 bridgehead atoms. The molecule has 0 fully saturated rings. The lowest BCUT2D eigenvalue weighted by molar-refractivity contribution is 0.0807. The Morgan fingerprint density at radius 2 is 2.06 bits per heavy atom. The summed E-state index contributed by atoms with van der Waals surface area (Å²) >= 11 is 3.41. The third-order valence-electron chi connectivity index (χ3n) is 3.09. The highest BCUT2D eigenvalue weighted by Gasteiger charge is 2.27. The van der Waals surface area contributed by atoms with Gasteiger partial charge in [0.1, 0.15) is 0 Å². The van der Waals surface area contributed by atoms with Crippen molar-refractivity contribution in [3.63, 3.8) is 0 Å². The summed E-state index contributed by atoms with van der Waals surface area (Å²) < 4.78 is 6.35. The van der Waals surface area contributed by atoms with Crippen molar-refractivity contribution in [3.05, 3.63) is 46.1 Å². The number of hydrogen-bond acceptors (Lipinski definition) is 2. The van der Waals surface area contributed by atoms with Crippen LogP contribution >= 0.6 is 15.9 Å². The Morgan fingerprint density at radius 3 is 2.65 bits per heavy atom. The van der Waals surface area contributed by atoms with E-state index in [1.807, 2.05) is 31.2 Å². The van der Waals surface area contributed by atoms with Crippen LogP contribution in [0.2, 0.25) is 0 Å². The number of aliphatic hydroxyl groups is 1. The Morgan fingerprint density at radius 1 is 1.35 bits per heavy atom. The maximum Gasteiger partial charge on any atom is 0.0901 e. The molecule has 1 aromatic rings. The SMILES string of the molecule is CC(O)(Cc1ccc(Br)cc1)C1=COCCC1. The van der Waals surface area contributed by atoms with E-state index in [-0.39, 0.29) is 0 Å². The lowest BCUT2D eigenvalue weighted by atomic mass is 9.86. The van der Waals surface area contributed by atoms with Crippen molar-refractivity contribution in [2.75, 3.05) is 6.61 Å². The number of benzene rings is 1. The Kier molecular flexibility index (Phi) is 3.89. The van der Waals surface area contributed by atoms with Gasteiger partial charge in [-0.3, -0.25) is 0 Å². The molecule has 1 aliphatic rings. The molecule has 0 aliphatic carbocycles. The average molecular weight is 297 g/mol. The summed E-state index contributed by atoms with van der Waals surface area (Å²) in [7, 11) is 0. The van der Waals surface area contributed by atoms with Gasteiger partial charge < -0.3 is 9.84 Å². The lowest BCUT2D eigenvalue weighted by Gasteiger charge is -2.28. The van der Waals surface area contributed by atoms with Gasteiger partial charge in [0.15, 0.2) is 0 Å². The van der Waals surface area contributed by atoms with Gasteiger partial charge in [0.2, 0.25) is 0 Å². The Bertz CT molecular complexity index is 407. The number of halogens is 1. The largest absolute Gasteiger partial charge is 0.501 e. The fourth-order valence-electron chi connectivity index (χ4n) is 2.07. The highest BCUT2D eigenvalue weighted by atomic mass is 79.9. The first kappa shape index (κ1) is 12.7. The van der Waals surface area contributed by atoms with E-state index in [1.54, 1.807) is 6.26 Å². The van der Waals surface area contributed by atoms with Crippen molar-refractivity contribution in [2.45, 2.75) is 31.8 Å². The molecule has 92 valence electrons. The monoisotopic (exact) mass is 296 g/mol. The van der Waals surface area contributed by atoms with E-state index in [2.05, 4.69) is 15.9 Å². The minimum absolute atomic E-state index is 0.621. The van der Waals surface area contributed by atoms with E-state index in [0.29, 0.717) is 6.42 Å². The molecular weight excluding hydrogens is 280 g/mol. The van der Waals surface area contributed by atoms with E-state index >= 15 is 0 Å². The van der Waals surface area contributed by atoms with Crippen LogP contribution in [0, 0.1) is 0 Å². The Balaban J connectivity index is 2.10. The van der Waals surface area contributed by atoms with Crippen LogP contribution in [0.15, 0.2) is 40.6 Å². The van der Waals surface area contributed by atoms with Crippen molar-refractivity contribution in [2.24, 2.45) is 0 Å². The third kappa shape index (κ3) is 3.33. The molecular formula is C14H17BrO2. The van der Waals surface area contributed by atoms with Crippen LogP contribution in [0.5, 0.6) is 0 Å². The maximum absolute atomic E-state index is 10.5. The van der Waals surface area contributed by atoms with Crippen LogP contribution in [-0.2, 0) is 11.2 Å². The summed E-state index contributed by atoms with van der Waals surface area (Å²) in [5.74, 6) is 0. The van der Waals surface area contributed by atoms with Gasteiger partial charge in [-0.05, 0) is 43.0 Å². The maximum atomic E-state index is 10.5. The van der Waals surface area contributed by atoms with E-state index in [1.165, 1.54) is 0 Å². The normalized spacial score (nSPS) is 19.1. The summed E-state index contributed by atoms with van der Waals surface area (Å²) in [6.45, 7) is 2.62. The van der Waals surface area contributed by atoms with Gasteiger partial charge in [0.05, 0.1) is 18.5 Å². The second-order valence-electron chi connectivity index (χ2n) is 4.69. The van der Waals surface area contributed by atoms with Crippen LogP contribution in [0.1, 0.15) is 25.3 Å². The third-order valence-corrected chi connectivity index (χ3v) is 3.62. The average Bonchev–Trinajstić information content (AvgIpc) is 2.33. The molecule has 0 saturated heterocycles. The minimum Gasteiger partial charge on any atom is -0.501 e. The van der Waals surface area contributed by atoms with E-state index in [0.717, 1.165) is 35.1 Å². The van der Waals surface area contributed by atoms with Crippen LogP contribution in [0.3, 0.4) is 0 Å². The highest BCUT2D eigenvalue weighted by Crippen LogP contribution is 2.28. The van der Waals surface area contributed by atoms with Crippen molar-refractivity contribution < 1.29 is 9.84 Å². The first-order chi connectivity index (χ1) is 8.08. The lowest BCUT2D eigenvalue weighted by Crippen LogP contribution is -2.31. The van der Waals surface area contributed by atoms with Gasteiger partial charge in [-0.1, -0.05) is 28.1 Å². The topological polar surface area (TPSA) is 29.5 Å². The number of ether oxygens (including phenoxy) is 1. The molecule has 1 N–H and O–H groups in total. The zero-order valence-electron chi connectivity index (χ0n) is 9.95. The quantitative estimate of drug-likeness (QED) is 0.926. The smallest absolute Gasteiger partial charge is 0.0901 e. The second-order valence-corrected chi connectivity index (χ2v) is 5.61. The highest BCUT2D eigenvalue weighted by molar-refractivity contribution is 9.10. The Hall–Kier alpha value is -0.800. The molecule has 0 aromatic heterocycles. The predicted molar refractivity (Wildman–Crippen MR) is 71.7 cm³/mol. The number of rotatable bonds is 3. The van der Waals surface area contributed by atoms with E-state index in [4.69, 9.17) is 4.74 Å². The van der Waals surface area contributed by atoms with Crippen LogP contribution < -0.4 is 0 Å². The summed E-state index contributed by atoms with van der Waals surface area (Å²) in [4.78, 5) is 0. The molecule has 0 saturated carbocycles. The van der Waals surface area contributed by atoms with Gasteiger partial charge >= 0.3 is 0 Å². The molecule has 0 spiro atoms. The van der Waals surface area contributed by atoms with E-state index < -0.39 is 5.60 Å². The van der Waals surface area contributed by atoms with Crippen molar-refractivity contribution in [1.29, 1.82) is 0 Å². The van der Waals surface area contributed by atoms with Gasteiger partial charge in [-0.2, -0.15) is 0 Å². The molecule has 2 nitrogen and oxygen atoms in total. The summed E-state index contributed by atoms with van der Waals surface area (Å²) in [5, 5.41) is 10.5. The van der Waals surface area contributed by atoms with Gasteiger partial charge in [0.25, 0.3) is 0 Å². The van der Waals surface area contributed by atoms with Crippen LogP contribution in [0.25, 0.3) is 0 Å². The zero-order valence-corrected chi connectivity index (χ0v) is 11.5. The van der Waals surface area contributed by atoms with Gasteiger partial charge in [-0.25, -0.2) is 0 Å². The van der Waals surface area contributed by atoms with Crippen LogP contribution in [0.4, 0.5) is 0 Å². The van der Waals surface area contributed by atoms with Crippen molar-refractivity contribution >= 4 is 15.9 Å².